The van der Waals surface area contributed by atoms with Gasteiger partial charge in [-0.05, 0) is 18.6 Å². The highest BCUT2D eigenvalue weighted by Crippen LogP contribution is 2.14. The molecule has 0 amide bonds. The minimum Gasteiger partial charge on any atom is -0.301 e. The van der Waals surface area contributed by atoms with Crippen molar-refractivity contribution in [1.29, 1.82) is 0 Å². The van der Waals surface area contributed by atoms with Crippen LogP contribution in [0, 0.1) is 0 Å². The molecule has 1 aromatic heterocycles. The Bertz CT molecular complexity index is 673. The number of aromatic nitrogens is 2. The van der Waals surface area contributed by atoms with E-state index >= 15 is 0 Å². The van der Waals surface area contributed by atoms with Crippen LogP contribution in [0.2, 0.25) is 5.02 Å². The zero-order chi connectivity index (χ0) is 13.1. The molecule has 0 N–H and O–H groups in total. The summed E-state index contributed by atoms with van der Waals surface area (Å²) in [5.41, 5.74) is 0.127. The van der Waals surface area contributed by atoms with Gasteiger partial charge < -0.3 is 4.57 Å². The molecule has 4 nitrogen and oxygen atoms in total. The smallest absolute Gasteiger partial charge is 0.301 e. The van der Waals surface area contributed by atoms with Gasteiger partial charge in [0.15, 0.2) is 0 Å². The van der Waals surface area contributed by atoms with Gasteiger partial charge in [0, 0.05) is 23.8 Å². The first-order chi connectivity index (χ1) is 8.63. The fourth-order valence-electron chi connectivity index (χ4n) is 1.74. The molecular formula is C13H13ClN2O2. The number of aryl methyl sites for hydroxylation is 1. The van der Waals surface area contributed by atoms with Gasteiger partial charge in [0.25, 0.3) is 5.56 Å². The van der Waals surface area contributed by atoms with Crippen LogP contribution in [0.3, 0.4) is 0 Å². The van der Waals surface area contributed by atoms with Crippen molar-refractivity contribution in [2.45, 2.75) is 20.0 Å². The van der Waals surface area contributed by atoms with E-state index in [0.717, 1.165) is 5.56 Å². The maximum atomic E-state index is 12.0. The second-order valence-corrected chi connectivity index (χ2v) is 4.31. The number of rotatable bonds is 3. The summed E-state index contributed by atoms with van der Waals surface area (Å²) in [5, 5.41) is 0.552. The summed E-state index contributed by atoms with van der Waals surface area (Å²) in [7, 11) is 0. The van der Waals surface area contributed by atoms with E-state index in [2.05, 4.69) is 0 Å². The SMILES string of the molecule is CCn1ccc(=O)n(Cc2ccccc2Cl)c1=O. The predicted molar refractivity (Wildman–Crippen MR) is 71.2 cm³/mol. The quantitative estimate of drug-likeness (QED) is 0.847. The van der Waals surface area contributed by atoms with Gasteiger partial charge in [-0.1, -0.05) is 29.8 Å². The summed E-state index contributed by atoms with van der Waals surface area (Å²) in [6.45, 7) is 2.57. The van der Waals surface area contributed by atoms with Crippen LogP contribution < -0.4 is 11.2 Å². The summed E-state index contributed by atoms with van der Waals surface area (Å²) in [5.74, 6) is 0. The lowest BCUT2D eigenvalue weighted by Gasteiger charge is -2.09. The van der Waals surface area contributed by atoms with Crippen molar-refractivity contribution in [2.24, 2.45) is 0 Å². The Morgan fingerprint density at radius 3 is 2.56 bits per heavy atom. The van der Waals surface area contributed by atoms with Gasteiger partial charge in [-0.3, -0.25) is 9.36 Å². The minimum absolute atomic E-state index is 0.193. The first-order valence-electron chi connectivity index (χ1n) is 5.67. The number of hydrogen-bond donors (Lipinski definition) is 0. The van der Waals surface area contributed by atoms with Crippen molar-refractivity contribution >= 4 is 11.6 Å². The normalized spacial score (nSPS) is 10.6. The first kappa shape index (κ1) is 12.6. The van der Waals surface area contributed by atoms with Gasteiger partial charge in [-0.25, -0.2) is 4.79 Å². The Morgan fingerprint density at radius 2 is 1.89 bits per heavy atom. The maximum Gasteiger partial charge on any atom is 0.331 e. The van der Waals surface area contributed by atoms with Gasteiger partial charge in [-0.15, -0.1) is 0 Å². The summed E-state index contributed by atoms with van der Waals surface area (Å²) in [6.07, 6.45) is 1.51. The van der Waals surface area contributed by atoms with Gasteiger partial charge in [0.1, 0.15) is 0 Å². The highest BCUT2D eigenvalue weighted by atomic mass is 35.5. The van der Waals surface area contributed by atoms with Crippen LogP contribution in [0.15, 0.2) is 46.1 Å². The largest absolute Gasteiger partial charge is 0.331 e. The van der Waals surface area contributed by atoms with Gasteiger partial charge in [0.2, 0.25) is 0 Å². The van der Waals surface area contributed by atoms with Crippen LogP contribution in [0.1, 0.15) is 12.5 Å². The zero-order valence-corrected chi connectivity index (χ0v) is 10.7. The van der Waals surface area contributed by atoms with Crippen molar-refractivity contribution in [3.05, 3.63) is 68.0 Å². The molecule has 0 fully saturated rings. The molecule has 0 saturated carbocycles. The fourth-order valence-corrected chi connectivity index (χ4v) is 1.94. The molecular weight excluding hydrogens is 252 g/mol. The van der Waals surface area contributed by atoms with Crippen LogP contribution >= 0.6 is 11.6 Å². The van der Waals surface area contributed by atoms with Crippen molar-refractivity contribution in [3.63, 3.8) is 0 Å². The Hall–Kier alpha value is -1.81. The van der Waals surface area contributed by atoms with Crippen LogP contribution in [0.5, 0.6) is 0 Å². The Balaban J connectivity index is 2.50. The number of halogens is 1. The fraction of sp³-hybridized carbons (Fsp3) is 0.231. The van der Waals surface area contributed by atoms with Crippen LogP contribution in [0.4, 0.5) is 0 Å². The van der Waals surface area contributed by atoms with Crippen LogP contribution in [-0.2, 0) is 13.1 Å². The summed E-state index contributed by atoms with van der Waals surface area (Å²) < 4.78 is 2.67. The molecule has 18 heavy (non-hydrogen) atoms. The lowest BCUT2D eigenvalue weighted by atomic mass is 10.2. The van der Waals surface area contributed by atoms with Crippen molar-refractivity contribution in [2.75, 3.05) is 0 Å². The highest BCUT2D eigenvalue weighted by molar-refractivity contribution is 6.31. The molecule has 1 heterocycles. The lowest BCUT2D eigenvalue weighted by molar-refractivity contribution is 0.600. The monoisotopic (exact) mass is 264 g/mol. The molecule has 0 aliphatic heterocycles. The first-order valence-corrected chi connectivity index (χ1v) is 6.05. The zero-order valence-electron chi connectivity index (χ0n) is 9.97. The summed E-state index contributed by atoms with van der Waals surface area (Å²) in [4.78, 5) is 23.7. The van der Waals surface area contributed by atoms with Crippen LogP contribution in [0.25, 0.3) is 0 Å². The Labute approximate surface area is 109 Å². The summed E-state index contributed by atoms with van der Waals surface area (Å²) >= 11 is 6.03. The molecule has 0 bridgehead atoms. The molecule has 1 aromatic carbocycles. The van der Waals surface area contributed by atoms with E-state index in [-0.39, 0.29) is 17.8 Å². The average Bonchev–Trinajstić information content (AvgIpc) is 2.37. The average molecular weight is 265 g/mol. The standard InChI is InChI=1S/C13H13ClN2O2/c1-2-15-8-7-12(17)16(13(15)18)9-10-5-3-4-6-11(10)14/h3-8H,2,9H2,1H3. The van der Waals surface area contributed by atoms with Gasteiger partial charge in [0.05, 0.1) is 6.54 Å². The molecule has 0 aliphatic rings. The van der Waals surface area contributed by atoms with E-state index in [1.54, 1.807) is 12.1 Å². The summed E-state index contributed by atoms with van der Waals surface area (Å²) in [6, 6.07) is 8.57. The topological polar surface area (TPSA) is 44.0 Å². The number of hydrogen-bond acceptors (Lipinski definition) is 2. The number of nitrogens with zero attached hydrogens (tertiary/aromatic N) is 2. The van der Waals surface area contributed by atoms with Crippen molar-refractivity contribution in [3.8, 4) is 0 Å². The predicted octanol–water partition coefficient (Wildman–Crippen LogP) is 1.73. The molecule has 2 rings (SSSR count). The molecule has 0 unspecified atom stereocenters. The minimum atomic E-state index is -0.315. The molecule has 94 valence electrons. The second-order valence-electron chi connectivity index (χ2n) is 3.90. The molecule has 5 heteroatoms. The van der Waals surface area contributed by atoms with E-state index < -0.39 is 0 Å². The molecule has 0 saturated heterocycles. The highest BCUT2D eigenvalue weighted by Gasteiger charge is 2.06. The Kier molecular flexibility index (Phi) is 3.67. The third-order valence-corrected chi connectivity index (χ3v) is 3.14. The van der Waals surface area contributed by atoms with E-state index in [0.29, 0.717) is 11.6 Å². The third kappa shape index (κ3) is 2.38. The Morgan fingerprint density at radius 1 is 1.17 bits per heavy atom. The molecule has 0 atom stereocenters. The molecule has 0 spiro atoms. The van der Waals surface area contributed by atoms with Crippen molar-refractivity contribution in [1.82, 2.24) is 9.13 Å². The van der Waals surface area contributed by atoms with E-state index in [1.165, 1.54) is 21.4 Å². The van der Waals surface area contributed by atoms with E-state index in [9.17, 15) is 9.59 Å². The van der Waals surface area contributed by atoms with E-state index in [4.69, 9.17) is 11.6 Å². The molecule has 0 radical (unpaired) electrons. The van der Waals surface area contributed by atoms with Gasteiger partial charge >= 0.3 is 5.69 Å². The molecule has 2 aromatic rings. The van der Waals surface area contributed by atoms with Crippen LogP contribution in [-0.4, -0.2) is 9.13 Å². The molecule has 0 aliphatic carbocycles. The van der Waals surface area contributed by atoms with Gasteiger partial charge in [-0.2, -0.15) is 0 Å². The second kappa shape index (κ2) is 5.23. The van der Waals surface area contributed by atoms with Crippen molar-refractivity contribution < 1.29 is 0 Å². The third-order valence-electron chi connectivity index (χ3n) is 2.77. The maximum absolute atomic E-state index is 12.0. The number of benzene rings is 1. The lowest BCUT2D eigenvalue weighted by Crippen LogP contribution is -2.39. The van der Waals surface area contributed by atoms with E-state index in [1.807, 2.05) is 19.1 Å².